The number of benzene rings is 1. The highest BCUT2D eigenvalue weighted by atomic mass is 19.1. The minimum absolute atomic E-state index is 0.172. The molecule has 0 aliphatic carbocycles. The van der Waals surface area contributed by atoms with E-state index in [2.05, 4.69) is 5.32 Å². The zero-order valence-corrected chi connectivity index (χ0v) is 12.8. The third-order valence-corrected chi connectivity index (χ3v) is 4.09. The van der Waals surface area contributed by atoms with Gasteiger partial charge in [0.15, 0.2) is 0 Å². The summed E-state index contributed by atoms with van der Waals surface area (Å²) in [4.78, 5) is 14.3. The topological polar surface area (TPSA) is 32.3 Å². The lowest BCUT2D eigenvalue weighted by atomic mass is 10.1. The molecule has 0 bridgehead atoms. The number of rotatable bonds is 5. The quantitative estimate of drug-likeness (QED) is 0.905. The van der Waals surface area contributed by atoms with Crippen LogP contribution >= 0.6 is 0 Å². The van der Waals surface area contributed by atoms with Crippen LogP contribution in [-0.4, -0.2) is 36.5 Å². The average molecular weight is 292 g/mol. The predicted octanol–water partition coefficient (Wildman–Crippen LogP) is 2.75. The van der Waals surface area contributed by atoms with Gasteiger partial charge in [0, 0.05) is 19.6 Å². The lowest BCUT2D eigenvalue weighted by molar-refractivity contribution is -0.133. The van der Waals surface area contributed by atoms with E-state index >= 15 is 0 Å². The maximum absolute atomic E-state index is 13.5. The van der Waals surface area contributed by atoms with E-state index in [1.165, 1.54) is 18.9 Å². The molecular weight excluding hydrogens is 267 g/mol. The number of amides is 1. The zero-order valence-electron chi connectivity index (χ0n) is 12.8. The summed E-state index contributed by atoms with van der Waals surface area (Å²) in [7, 11) is 0. The molecule has 116 valence electrons. The lowest BCUT2D eigenvalue weighted by Crippen LogP contribution is -2.45. The van der Waals surface area contributed by atoms with E-state index in [1.54, 1.807) is 12.1 Å². The van der Waals surface area contributed by atoms with E-state index < -0.39 is 0 Å². The van der Waals surface area contributed by atoms with Crippen molar-refractivity contribution in [2.75, 3.05) is 19.6 Å². The van der Waals surface area contributed by atoms with Crippen LogP contribution in [0.15, 0.2) is 24.3 Å². The summed E-state index contributed by atoms with van der Waals surface area (Å²) in [5.41, 5.74) is 0.694. The van der Waals surface area contributed by atoms with Crippen molar-refractivity contribution < 1.29 is 9.18 Å². The molecule has 3 nitrogen and oxygen atoms in total. The molecule has 0 radical (unpaired) electrons. The number of nitrogens with zero attached hydrogens (tertiary/aromatic N) is 1. The molecule has 1 amide bonds. The van der Waals surface area contributed by atoms with Crippen LogP contribution in [0.2, 0.25) is 0 Å². The molecule has 1 atom stereocenters. The number of halogens is 1. The predicted molar refractivity (Wildman–Crippen MR) is 82.6 cm³/mol. The molecule has 1 N–H and O–H groups in total. The molecule has 1 fully saturated rings. The van der Waals surface area contributed by atoms with Gasteiger partial charge in [0.2, 0.25) is 5.91 Å². The highest BCUT2D eigenvalue weighted by Gasteiger charge is 2.20. The van der Waals surface area contributed by atoms with Gasteiger partial charge in [-0.05, 0) is 37.8 Å². The SMILES string of the molecule is CC(NCCc1ccccc1F)C(=O)N1CCCCCC1. The second-order valence-electron chi connectivity index (χ2n) is 5.76. The van der Waals surface area contributed by atoms with Crippen molar-refractivity contribution in [3.8, 4) is 0 Å². The fraction of sp³-hybridized carbons (Fsp3) is 0.588. The van der Waals surface area contributed by atoms with Gasteiger partial charge >= 0.3 is 0 Å². The Balaban J connectivity index is 1.77. The van der Waals surface area contributed by atoms with Gasteiger partial charge in [-0.2, -0.15) is 0 Å². The first kappa shape index (κ1) is 16.0. The molecule has 1 saturated heterocycles. The van der Waals surface area contributed by atoms with Gasteiger partial charge in [0.05, 0.1) is 6.04 Å². The summed E-state index contributed by atoms with van der Waals surface area (Å²) < 4.78 is 13.5. The van der Waals surface area contributed by atoms with Crippen molar-refractivity contribution in [3.63, 3.8) is 0 Å². The van der Waals surface area contributed by atoms with Crippen molar-refractivity contribution in [2.45, 2.75) is 45.1 Å². The van der Waals surface area contributed by atoms with Crippen molar-refractivity contribution >= 4 is 5.91 Å². The van der Waals surface area contributed by atoms with Gasteiger partial charge in [-0.1, -0.05) is 31.0 Å². The summed E-state index contributed by atoms with van der Waals surface area (Å²) in [6.07, 6.45) is 5.25. The number of hydrogen-bond acceptors (Lipinski definition) is 2. The smallest absolute Gasteiger partial charge is 0.239 e. The molecule has 1 heterocycles. The van der Waals surface area contributed by atoms with E-state index in [1.807, 2.05) is 17.9 Å². The van der Waals surface area contributed by atoms with Crippen LogP contribution in [0.4, 0.5) is 4.39 Å². The molecule has 2 rings (SSSR count). The van der Waals surface area contributed by atoms with Crippen LogP contribution in [0.1, 0.15) is 38.2 Å². The van der Waals surface area contributed by atoms with Crippen molar-refractivity contribution in [2.24, 2.45) is 0 Å². The Bertz CT molecular complexity index is 456. The second-order valence-corrected chi connectivity index (χ2v) is 5.76. The Labute approximate surface area is 126 Å². The number of carbonyl (C=O) groups excluding carboxylic acids is 1. The second kappa shape index (κ2) is 8.13. The van der Waals surface area contributed by atoms with Gasteiger partial charge in [-0.15, -0.1) is 0 Å². The van der Waals surface area contributed by atoms with E-state index in [-0.39, 0.29) is 17.8 Å². The number of nitrogens with one attached hydrogen (secondary N) is 1. The van der Waals surface area contributed by atoms with Gasteiger partial charge in [-0.3, -0.25) is 4.79 Å². The summed E-state index contributed by atoms with van der Waals surface area (Å²) in [6, 6.07) is 6.59. The molecular formula is C17H25FN2O. The van der Waals surface area contributed by atoms with Crippen LogP contribution in [0.3, 0.4) is 0 Å². The Kier molecular flexibility index (Phi) is 6.18. The lowest BCUT2D eigenvalue weighted by Gasteiger charge is -2.24. The van der Waals surface area contributed by atoms with Crippen LogP contribution in [0.25, 0.3) is 0 Å². The van der Waals surface area contributed by atoms with Crippen molar-refractivity contribution in [3.05, 3.63) is 35.6 Å². The van der Waals surface area contributed by atoms with E-state index in [0.29, 0.717) is 18.5 Å². The molecule has 4 heteroatoms. The molecule has 1 aromatic carbocycles. The third kappa shape index (κ3) is 4.81. The normalized spacial score (nSPS) is 17.3. The van der Waals surface area contributed by atoms with Gasteiger partial charge in [0.1, 0.15) is 5.82 Å². The van der Waals surface area contributed by atoms with E-state index in [0.717, 1.165) is 25.9 Å². The molecule has 0 saturated carbocycles. The summed E-state index contributed by atoms with van der Waals surface area (Å²) in [5.74, 6) is -0.00349. The average Bonchev–Trinajstić information content (AvgIpc) is 2.77. The van der Waals surface area contributed by atoms with E-state index in [4.69, 9.17) is 0 Å². The highest BCUT2D eigenvalue weighted by molar-refractivity contribution is 5.81. The first-order chi connectivity index (χ1) is 10.2. The Morgan fingerprint density at radius 2 is 1.90 bits per heavy atom. The van der Waals surface area contributed by atoms with Gasteiger partial charge in [-0.25, -0.2) is 4.39 Å². The van der Waals surface area contributed by atoms with Crippen molar-refractivity contribution in [1.82, 2.24) is 10.2 Å². The Hall–Kier alpha value is -1.42. The summed E-state index contributed by atoms with van der Waals surface area (Å²) in [5, 5.41) is 3.22. The third-order valence-electron chi connectivity index (χ3n) is 4.09. The number of hydrogen-bond donors (Lipinski definition) is 1. The summed E-state index contributed by atoms with van der Waals surface area (Å²) in [6.45, 7) is 4.26. The zero-order chi connectivity index (χ0) is 15.1. The first-order valence-corrected chi connectivity index (χ1v) is 7.94. The van der Waals surface area contributed by atoms with Crippen LogP contribution in [0, 0.1) is 5.82 Å². The van der Waals surface area contributed by atoms with E-state index in [9.17, 15) is 9.18 Å². The Morgan fingerprint density at radius 3 is 2.57 bits per heavy atom. The molecule has 1 aromatic rings. The largest absolute Gasteiger partial charge is 0.341 e. The molecule has 1 aliphatic heterocycles. The summed E-state index contributed by atoms with van der Waals surface area (Å²) >= 11 is 0. The van der Waals surface area contributed by atoms with Crippen LogP contribution in [-0.2, 0) is 11.2 Å². The van der Waals surface area contributed by atoms with Crippen LogP contribution in [0.5, 0.6) is 0 Å². The minimum Gasteiger partial charge on any atom is -0.341 e. The standard InChI is InChI=1S/C17H25FN2O/c1-14(17(21)20-12-6-2-3-7-13-20)19-11-10-15-8-4-5-9-16(15)18/h4-5,8-9,14,19H,2-3,6-7,10-13H2,1H3. The Morgan fingerprint density at radius 1 is 1.24 bits per heavy atom. The number of carbonyl (C=O) groups is 1. The molecule has 0 spiro atoms. The maximum atomic E-state index is 13.5. The monoisotopic (exact) mass is 292 g/mol. The molecule has 1 unspecified atom stereocenters. The maximum Gasteiger partial charge on any atom is 0.239 e. The van der Waals surface area contributed by atoms with Crippen LogP contribution < -0.4 is 5.32 Å². The highest BCUT2D eigenvalue weighted by Crippen LogP contribution is 2.11. The molecule has 1 aliphatic rings. The fourth-order valence-corrected chi connectivity index (χ4v) is 2.78. The van der Waals surface area contributed by atoms with Gasteiger partial charge < -0.3 is 10.2 Å². The van der Waals surface area contributed by atoms with Crippen molar-refractivity contribution in [1.29, 1.82) is 0 Å². The minimum atomic E-state index is -0.199. The van der Waals surface area contributed by atoms with Gasteiger partial charge in [0.25, 0.3) is 0 Å². The first-order valence-electron chi connectivity index (χ1n) is 7.94. The molecule has 21 heavy (non-hydrogen) atoms. The molecule has 0 aromatic heterocycles. The fourth-order valence-electron chi connectivity index (χ4n) is 2.78. The number of likely N-dealkylation sites (tertiary alicyclic amines) is 1.